The van der Waals surface area contributed by atoms with E-state index >= 15 is 0 Å². The lowest BCUT2D eigenvalue weighted by Crippen LogP contribution is -2.42. The number of benzene rings is 2. The number of thiocarbonyl (C=S) groups is 1. The van der Waals surface area contributed by atoms with E-state index in [1.54, 1.807) is 53.4 Å². The largest absolute Gasteiger partial charge is 0.508 e. The second-order valence-corrected chi connectivity index (χ2v) is 12.8. The SMILES string of the molecule is COc1ccc(-c2ccc(C=C3SC(=S)N(C4CC5CCC4C5)C3=O)o2)cc1C(=O)N[C@@H](Cc1ccc(O)cc1)C(=O)O. The maximum Gasteiger partial charge on any atom is 0.326 e. The van der Waals surface area contributed by atoms with Crippen LogP contribution in [0.3, 0.4) is 0 Å². The lowest BCUT2D eigenvalue weighted by Gasteiger charge is -2.30. The fraction of sp³-hybridized carbons (Fsp3) is 0.312. The molecular formula is C32H30N2O7S2. The number of phenolic OH excluding ortho intramolecular Hbond substituents is 1. The van der Waals surface area contributed by atoms with Gasteiger partial charge in [0.2, 0.25) is 0 Å². The van der Waals surface area contributed by atoms with Gasteiger partial charge in [-0.25, -0.2) is 4.79 Å². The molecule has 9 nitrogen and oxygen atoms in total. The predicted molar refractivity (Wildman–Crippen MR) is 166 cm³/mol. The lowest BCUT2D eigenvalue weighted by molar-refractivity contribution is -0.139. The first-order valence-corrected chi connectivity index (χ1v) is 15.3. The average Bonchev–Trinajstić information content (AvgIpc) is 3.79. The number of carbonyl (C=O) groups is 3. The smallest absolute Gasteiger partial charge is 0.326 e. The first kappa shape index (κ1) is 29.0. The molecule has 1 aliphatic heterocycles. The molecule has 0 spiro atoms. The summed E-state index contributed by atoms with van der Waals surface area (Å²) in [6.07, 6.45) is 6.33. The van der Waals surface area contributed by atoms with Crippen LogP contribution in [0.5, 0.6) is 11.5 Å². The first-order valence-electron chi connectivity index (χ1n) is 14.1. The van der Waals surface area contributed by atoms with Crippen molar-refractivity contribution in [2.75, 3.05) is 7.11 Å². The van der Waals surface area contributed by atoms with E-state index in [0.29, 0.717) is 43.7 Å². The number of amides is 2. The molecule has 2 aliphatic carbocycles. The van der Waals surface area contributed by atoms with Gasteiger partial charge >= 0.3 is 5.97 Å². The summed E-state index contributed by atoms with van der Waals surface area (Å²) in [4.78, 5) is 40.9. The van der Waals surface area contributed by atoms with Gasteiger partial charge in [-0.15, -0.1) is 0 Å². The Kier molecular flexibility index (Phi) is 8.02. The number of aliphatic carboxylic acids is 1. The third kappa shape index (κ3) is 5.92. The number of furan rings is 1. The fourth-order valence-corrected chi connectivity index (χ4v) is 7.70. The molecule has 2 saturated carbocycles. The van der Waals surface area contributed by atoms with Crippen molar-refractivity contribution in [3.8, 4) is 22.8 Å². The molecule has 0 radical (unpaired) electrons. The minimum absolute atomic E-state index is 0.0269. The summed E-state index contributed by atoms with van der Waals surface area (Å²) in [5.74, 6) is 0.604. The number of hydrogen-bond acceptors (Lipinski definition) is 8. The molecule has 3 N–H and O–H groups in total. The van der Waals surface area contributed by atoms with Crippen LogP contribution < -0.4 is 10.1 Å². The Morgan fingerprint density at radius 2 is 1.95 bits per heavy atom. The zero-order chi connectivity index (χ0) is 30.2. The Morgan fingerprint density at radius 3 is 2.63 bits per heavy atom. The quantitative estimate of drug-likeness (QED) is 0.211. The molecular weight excluding hydrogens is 588 g/mol. The molecule has 1 saturated heterocycles. The van der Waals surface area contributed by atoms with E-state index < -0.39 is 17.9 Å². The molecule has 43 heavy (non-hydrogen) atoms. The monoisotopic (exact) mass is 618 g/mol. The number of nitrogens with zero attached hydrogens (tertiary/aromatic N) is 1. The summed E-state index contributed by atoms with van der Waals surface area (Å²) in [6, 6.07) is 13.5. The van der Waals surface area contributed by atoms with E-state index in [-0.39, 0.29) is 35.4 Å². The normalized spacial score (nSPS) is 22.8. The summed E-state index contributed by atoms with van der Waals surface area (Å²) in [6.45, 7) is 0. The van der Waals surface area contributed by atoms with Crippen molar-refractivity contribution in [3.63, 3.8) is 0 Å². The zero-order valence-corrected chi connectivity index (χ0v) is 25.0. The third-order valence-electron chi connectivity index (χ3n) is 8.46. The van der Waals surface area contributed by atoms with E-state index in [1.165, 1.54) is 43.8 Å². The van der Waals surface area contributed by atoms with Gasteiger partial charge in [-0.2, -0.15) is 0 Å². The lowest BCUT2D eigenvalue weighted by atomic mass is 9.94. The van der Waals surface area contributed by atoms with E-state index in [1.807, 2.05) is 0 Å². The number of phenols is 1. The van der Waals surface area contributed by atoms with Gasteiger partial charge in [0.05, 0.1) is 17.6 Å². The van der Waals surface area contributed by atoms with Crippen LogP contribution in [0.25, 0.3) is 17.4 Å². The Bertz CT molecular complexity index is 1630. The van der Waals surface area contributed by atoms with E-state index in [9.17, 15) is 24.6 Å². The van der Waals surface area contributed by atoms with Crippen LogP contribution in [-0.4, -0.2) is 56.4 Å². The number of hydrogen-bond donors (Lipinski definition) is 3. The van der Waals surface area contributed by atoms with Crippen molar-refractivity contribution >= 4 is 52.2 Å². The van der Waals surface area contributed by atoms with Gasteiger partial charge in [0.1, 0.15) is 33.4 Å². The third-order valence-corrected chi connectivity index (χ3v) is 9.79. The van der Waals surface area contributed by atoms with Crippen molar-refractivity contribution in [3.05, 3.63) is 76.4 Å². The highest BCUT2D eigenvalue weighted by atomic mass is 32.2. The van der Waals surface area contributed by atoms with Crippen molar-refractivity contribution in [2.24, 2.45) is 11.8 Å². The Morgan fingerprint density at radius 1 is 1.16 bits per heavy atom. The van der Waals surface area contributed by atoms with Gasteiger partial charge in [0.15, 0.2) is 0 Å². The minimum atomic E-state index is -1.21. The Hall–Kier alpha value is -4.09. The average molecular weight is 619 g/mol. The number of rotatable bonds is 9. The van der Waals surface area contributed by atoms with Crippen LogP contribution in [0.4, 0.5) is 0 Å². The highest BCUT2D eigenvalue weighted by Gasteiger charge is 2.48. The van der Waals surface area contributed by atoms with Gasteiger partial charge in [0.25, 0.3) is 11.8 Å². The standard InChI is InChI=1S/C32H30N2O7S2/c1-40-27-10-6-20(15-23(27)29(36)33-24(31(38)39)13-17-3-7-21(35)8-4-17)26-11-9-22(41-26)16-28-30(37)34(32(42)43-28)25-14-18-2-5-19(25)12-18/h3-4,6-11,15-16,18-19,24-25,35H,2,5,12-14H2,1H3,(H,33,36)(H,38,39)/t18?,19?,24-,25?/m0/s1. The topological polar surface area (TPSA) is 129 Å². The Balaban J connectivity index is 1.19. The predicted octanol–water partition coefficient (Wildman–Crippen LogP) is 5.48. The number of nitrogens with one attached hydrogen (secondary N) is 1. The van der Waals surface area contributed by atoms with Crippen LogP contribution >= 0.6 is 24.0 Å². The number of aromatic hydroxyl groups is 1. The summed E-state index contributed by atoms with van der Waals surface area (Å²) in [7, 11) is 1.43. The molecule has 3 fully saturated rings. The summed E-state index contributed by atoms with van der Waals surface area (Å²) < 4.78 is 12.0. The second kappa shape index (κ2) is 11.9. The number of thioether (sulfide) groups is 1. The van der Waals surface area contributed by atoms with E-state index in [4.69, 9.17) is 21.4 Å². The molecule has 3 aliphatic rings. The van der Waals surface area contributed by atoms with Crippen LogP contribution in [0.2, 0.25) is 0 Å². The number of ether oxygens (including phenoxy) is 1. The molecule has 4 atom stereocenters. The maximum atomic E-state index is 13.3. The molecule has 222 valence electrons. The molecule has 2 heterocycles. The molecule has 2 bridgehead atoms. The number of carboxylic acids is 1. The van der Waals surface area contributed by atoms with Crippen molar-refractivity contribution < 1.29 is 33.8 Å². The van der Waals surface area contributed by atoms with Gasteiger partial charge < -0.3 is 24.7 Å². The number of carboxylic acid groups (broad SMARTS) is 1. The molecule has 2 aromatic carbocycles. The van der Waals surface area contributed by atoms with Crippen LogP contribution in [0.15, 0.2) is 63.9 Å². The van der Waals surface area contributed by atoms with Crippen LogP contribution in [-0.2, 0) is 16.0 Å². The summed E-state index contributed by atoms with van der Waals surface area (Å²) in [5.41, 5.74) is 1.36. The minimum Gasteiger partial charge on any atom is -0.508 e. The molecule has 1 aromatic heterocycles. The van der Waals surface area contributed by atoms with E-state index in [0.717, 1.165) is 12.8 Å². The molecule has 3 unspecified atom stereocenters. The van der Waals surface area contributed by atoms with Gasteiger partial charge in [-0.3, -0.25) is 14.5 Å². The number of methoxy groups -OCH3 is 1. The molecule has 11 heteroatoms. The van der Waals surface area contributed by atoms with Gasteiger partial charge in [-0.1, -0.05) is 42.5 Å². The van der Waals surface area contributed by atoms with Crippen molar-refractivity contribution in [1.82, 2.24) is 10.2 Å². The first-order chi connectivity index (χ1) is 20.7. The van der Waals surface area contributed by atoms with Gasteiger partial charge in [-0.05, 0) is 79.1 Å². The van der Waals surface area contributed by atoms with Crippen molar-refractivity contribution in [1.29, 1.82) is 0 Å². The number of fused-ring (bicyclic) bond motifs is 2. The van der Waals surface area contributed by atoms with E-state index in [2.05, 4.69) is 5.32 Å². The zero-order valence-electron chi connectivity index (χ0n) is 23.3. The van der Waals surface area contributed by atoms with Crippen molar-refractivity contribution in [2.45, 2.75) is 44.2 Å². The maximum absolute atomic E-state index is 13.3. The highest BCUT2D eigenvalue weighted by Crippen LogP contribution is 2.49. The van der Waals surface area contributed by atoms with Crippen LogP contribution in [0, 0.1) is 11.8 Å². The Labute approximate surface area is 257 Å². The molecule has 3 aromatic rings. The summed E-state index contributed by atoms with van der Waals surface area (Å²) >= 11 is 6.89. The molecule has 2 amide bonds. The second-order valence-electron chi connectivity index (χ2n) is 11.1. The number of carbonyl (C=O) groups excluding carboxylic acids is 2. The summed E-state index contributed by atoms with van der Waals surface area (Å²) in [5, 5.41) is 21.8. The van der Waals surface area contributed by atoms with Gasteiger partial charge in [0, 0.05) is 24.1 Å². The fourth-order valence-electron chi connectivity index (χ4n) is 6.35. The highest BCUT2D eigenvalue weighted by molar-refractivity contribution is 8.26. The van der Waals surface area contributed by atoms with Crippen LogP contribution in [0.1, 0.15) is 47.4 Å². The molecule has 6 rings (SSSR count).